The van der Waals surface area contributed by atoms with Gasteiger partial charge in [-0.05, 0) is 31.4 Å². The standard InChI is InChI=1S/C13H13F5N6S2/c1-4(21-23-12(25)19-2)11(22-24-13(26)20-3)5-6(14)8(16)10(18)9(17)7(5)15/h1-3H3,(H2,19,23,25)(H2,20,24,26)/b21-4+,22-11-. The molecular formula is C13H13F5N6S2. The summed E-state index contributed by atoms with van der Waals surface area (Å²) in [6, 6.07) is 0. The quantitative estimate of drug-likeness (QED) is 0.151. The molecule has 0 bridgehead atoms. The van der Waals surface area contributed by atoms with E-state index in [1.807, 2.05) is 0 Å². The Morgan fingerprint density at radius 2 is 1.12 bits per heavy atom. The van der Waals surface area contributed by atoms with Crippen molar-refractivity contribution < 1.29 is 22.0 Å². The van der Waals surface area contributed by atoms with Crippen molar-refractivity contribution in [2.45, 2.75) is 6.92 Å². The molecule has 1 aromatic rings. The number of hydrogen-bond acceptors (Lipinski definition) is 4. The lowest BCUT2D eigenvalue weighted by molar-refractivity contribution is 0.377. The molecule has 0 amide bonds. The van der Waals surface area contributed by atoms with Gasteiger partial charge >= 0.3 is 0 Å². The van der Waals surface area contributed by atoms with E-state index in [2.05, 4.69) is 31.7 Å². The van der Waals surface area contributed by atoms with Crippen molar-refractivity contribution >= 4 is 46.1 Å². The molecule has 0 saturated carbocycles. The van der Waals surface area contributed by atoms with Gasteiger partial charge in [-0.2, -0.15) is 10.2 Å². The van der Waals surface area contributed by atoms with Crippen molar-refractivity contribution in [1.82, 2.24) is 21.5 Å². The van der Waals surface area contributed by atoms with Gasteiger partial charge in [-0.3, -0.25) is 10.9 Å². The summed E-state index contributed by atoms with van der Waals surface area (Å²) >= 11 is 9.54. The number of hydrazone groups is 2. The van der Waals surface area contributed by atoms with Crippen molar-refractivity contribution in [3.63, 3.8) is 0 Å². The zero-order chi connectivity index (χ0) is 20.0. The molecule has 0 aliphatic carbocycles. The smallest absolute Gasteiger partial charge is 0.200 e. The third-order valence-electron chi connectivity index (χ3n) is 2.84. The van der Waals surface area contributed by atoms with E-state index < -0.39 is 40.4 Å². The molecule has 0 radical (unpaired) electrons. The Balaban J connectivity index is 3.57. The number of nitrogens with one attached hydrogen (secondary N) is 4. The van der Waals surface area contributed by atoms with Gasteiger partial charge in [0.15, 0.2) is 33.5 Å². The van der Waals surface area contributed by atoms with Crippen molar-refractivity contribution in [3.05, 3.63) is 34.6 Å². The second kappa shape index (κ2) is 9.33. The minimum Gasteiger partial charge on any atom is -0.364 e. The van der Waals surface area contributed by atoms with Crippen LogP contribution < -0.4 is 21.5 Å². The van der Waals surface area contributed by atoms with Gasteiger partial charge in [-0.15, -0.1) is 0 Å². The lowest BCUT2D eigenvalue weighted by atomic mass is 10.0. The third-order valence-corrected chi connectivity index (χ3v) is 3.43. The highest BCUT2D eigenvalue weighted by Gasteiger charge is 2.29. The van der Waals surface area contributed by atoms with E-state index in [1.54, 1.807) is 0 Å². The van der Waals surface area contributed by atoms with Crippen LogP contribution in [-0.4, -0.2) is 35.7 Å². The van der Waals surface area contributed by atoms with Gasteiger partial charge in [0.25, 0.3) is 0 Å². The molecule has 142 valence electrons. The summed E-state index contributed by atoms with van der Waals surface area (Å²) in [5, 5.41) is 12.2. The van der Waals surface area contributed by atoms with Crippen LogP contribution in [0.15, 0.2) is 10.2 Å². The molecular weight excluding hydrogens is 399 g/mol. The van der Waals surface area contributed by atoms with Crippen LogP contribution in [0.5, 0.6) is 0 Å². The minimum atomic E-state index is -2.29. The maximum atomic E-state index is 14.1. The van der Waals surface area contributed by atoms with Crippen LogP contribution in [0.2, 0.25) is 0 Å². The second-order valence-corrected chi connectivity index (χ2v) is 5.30. The molecule has 26 heavy (non-hydrogen) atoms. The van der Waals surface area contributed by atoms with Gasteiger partial charge in [-0.25, -0.2) is 22.0 Å². The molecule has 0 atom stereocenters. The summed E-state index contributed by atoms with van der Waals surface area (Å²) in [6.45, 7) is 1.21. The van der Waals surface area contributed by atoms with Gasteiger partial charge in [0.05, 0.1) is 11.3 Å². The Kier molecular flexibility index (Phi) is 7.76. The monoisotopic (exact) mass is 412 g/mol. The van der Waals surface area contributed by atoms with Gasteiger partial charge in [0.2, 0.25) is 5.82 Å². The van der Waals surface area contributed by atoms with Crippen LogP contribution in [-0.2, 0) is 0 Å². The van der Waals surface area contributed by atoms with Crippen LogP contribution in [0.4, 0.5) is 22.0 Å². The lowest BCUT2D eigenvalue weighted by Gasteiger charge is -2.12. The number of benzene rings is 1. The highest BCUT2D eigenvalue weighted by atomic mass is 32.1. The third kappa shape index (κ3) is 4.82. The van der Waals surface area contributed by atoms with E-state index in [9.17, 15) is 22.0 Å². The maximum Gasteiger partial charge on any atom is 0.200 e. The molecule has 0 aromatic heterocycles. The summed E-state index contributed by atoms with van der Waals surface area (Å²) in [5.41, 5.74) is 2.32. The molecule has 4 N–H and O–H groups in total. The molecule has 0 unspecified atom stereocenters. The van der Waals surface area contributed by atoms with E-state index in [0.29, 0.717) is 0 Å². The summed E-state index contributed by atoms with van der Waals surface area (Å²) < 4.78 is 68.4. The first-order chi connectivity index (χ1) is 12.1. The molecule has 1 rings (SSSR count). The first-order valence-corrected chi connectivity index (χ1v) is 7.56. The second-order valence-electron chi connectivity index (χ2n) is 4.48. The molecule has 0 aliphatic rings. The minimum absolute atomic E-state index is 0.0415. The highest BCUT2D eigenvalue weighted by Crippen LogP contribution is 2.24. The molecule has 1 aromatic carbocycles. The molecule has 0 heterocycles. The molecule has 0 aliphatic heterocycles. The molecule has 13 heteroatoms. The Labute approximate surface area is 155 Å². The van der Waals surface area contributed by atoms with Gasteiger partial charge < -0.3 is 10.6 Å². The van der Waals surface area contributed by atoms with Crippen molar-refractivity contribution in [3.8, 4) is 0 Å². The van der Waals surface area contributed by atoms with Crippen LogP contribution >= 0.6 is 24.4 Å². The number of halogens is 5. The van der Waals surface area contributed by atoms with Crippen molar-refractivity contribution in [1.29, 1.82) is 0 Å². The molecule has 0 fully saturated rings. The number of thiocarbonyl (C=S) groups is 2. The van der Waals surface area contributed by atoms with Gasteiger partial charge in [0, 0.05) is 14.1 Å². The summed E-state index contributed by atoms with van der Waals surface area (Å²) in [6.07, 6.45) is 0. The average molecular weight is 412 g/mol. The summed E-state index contributed by atoms with van der Waals surface area (Å²) in [4.78, 5) is 0. The van der Waals surface area contributed by atoms with E-state index in [4.69, 9.17) is 24.4 Å². The molecule has 0 spiro atoms. The van der Waals surface area contributed by atoms with E-state index >= 15 is 0 Å². The van der Waals surface area contributed by atoms with E-state index in [0.717, 1.165) is 0 Å². The summed E-state index contributed by atoms with van der Waals surface area (Å²) in [5.74, 6) is -10.7. The van der Waals surface area contributed by atoms with Crippen LogP contribution in [0.3, 0.4) is 0 Å². The number of hydrogen-bond donors (Lipinski definition) is 4. The first-order valence-electron chi connectivity index (χ1n) is 6.75. The van der Waals surface area contributed by atoms with Crippen LogP contribution in [0, 0.1) is 29.1 Å². The SMILES string of the molecule is CNC(=S)N/N=C(C)/C(=N/NC(=S)NC)c1c(F)c(F)c(F)c(F)c1F. The predicted octanol–water partition coefficient (Wildman–Crippen LogP) is 1.65. The maximum absolute atomic E-state index is 14.1. The number of nitrogens with zero attached hydrogens (tertiary/aromatic N) is 2. The van der Waals surface area contributed by atoms with Crippen molar-refractivity contribution in [2.75, 3.05) is 14.1 Å². The summed E-state index contributed by atoms with van der Waals surface area (Å²) in [7, 11) is 2.91. The highest BCUT2D eigenvalue weighted by molar-refractivity contribution is 7.80. The molecule has 6 nitrogen and oxygen atoms in total. The zero-order valence-corrected chi connectivity index (χ0v) is 15.2. The van der Waals surface area contributed by atoms with E-state index in [1.165, 1.54) is 21.0 Å². The van der Waals surface area contributed by atoms with Crippen molar-refractivity contribution in [2.24, 2.45) is 10.2 Å². The molecule has 0 saturated heterocycles. The van der Waals surface area contributed by atoms with Crippen LogP contribution in [0.25, 0.3) is 0 Å². The zero-order valence-electron chi connectivity index (χ0n) is 13.6. The predicted molar refractivity (Wildman–Crippen MR) is 95.5 cm³/mol. The fourth-order valence-electron chi connectivity index (χ4n) is 1.54. The Bertz CT molecular complexity index is 767. The normalized spacial score (nSPS) is 11.8. The Hall–Kier alpha value is -2.41. The van der Waals surface area contributed by atoms with E-state index in [-0.39, 0.29) is 15.9 Å². The van der Waals surface area contributed by atoms with Gasteiger partial charge in [-0.1, -0.05) is 0 Å². The topological polar surface area (TPSA) is 72.8 Å². The van der Waals surface area contributed by atoms with Gasteiger partial charge in [0.1, 0.15) is 5.71 Å². The average Bonchev–Trinajstić information content (AvgIpc) is 2.64. The Morgan fingerprint density at radius 3 is 1.54 bits per heavy atom. The van der Waals surface area contributed by atoms with Crippen LogP contribution in [0.1, 0.15) is 12.5 Å². The fourth-order valence-corrected chi connectivity index (χ4v) is 1.63. The largest absolute Gasteiger partial charge is 0.364 e. The number of rotatable bonds is 4. The first kappa shape index (κ1) is 21.6. The lowest BCUT2D eigenvalue weighted by Crippen LogP contribution is -2.33. The fraction of sp³-hybridized carbons (Fsp3) is 0.231. The Morgan fingerprint density at radius 1 is 0.731 bits per heavy atom.